The highest BCUT2D eigenvalue weighted by Gasteiger charge is 2.29. The molecule has 1 N–H and O–H groups in total. The number of benzene rings is 2. The van der Waals surface area contributed by atoms with Crippen LogP contribution in [-0.4, -0.2) is 25.7 Å². The summed E-state index contributed by atoms with van der Waals surface area (Å²) in [6, 6.07) is 12.1. The van der Waals surface area contributed by atoms with E-state index in [0.29, 0.717) is 19.6 Å². The van der Waals surface area contributed by atoms with Crippen molar-refractivity contribution in [3.05, 3.63) is 42.0 Å². The fourth-order valence-electron chi connectivity index (χ4n) is 2.52. The van der Waals surface area contributed by atoms with Crippen LogP contribution in [-0.2, 0) is 16.1 Å². The Morgan fingerprint density at radius 1 is 1.30 bits per heavy atom. The fourth-order valence-corrected chi connectivity index (χ4v) is 2.52. The van der Waals surface area contributed by atoms with Crippen LogP contribution in [0.2, 0.25) is 0 Å². The van der Waals surface area contributed by atoms with Gasteiger partial charge < -0.3 is 14.8 Å². The van der Waals surface area contributed by atoms with Gasteiger partial charge in [-0.1, -0.05) is 30.3 Å². The van der Waals surface area contributed by atoms with E-state index in [1.54, 1.807) is 0 Å². The largest absolute Gasteiger partial charge is 0.478 e. The van der Waals surface area contributed by atoms with Crippen molar-refractivity contribution >= 4 is 16.7 Å². The van der Waals surface area contributed by atoms with E-state index < -0.39 is 6.10 Å². The van der Waals surface area contributed by atoms with Crippen molar-refractivity contribution in [3.8, 4) is 5.75 Å². The summed E-state index contributed by atoms with van der Waals surface area (Å²) in [6.45, 7) is 1.14. The first-order valence-corrected chi connectivity index (χ1v) is 6.78. The van der Waals surface area contributed by atoms with Crippen molar-refractivity contribution < 1.29 is 14.3 Å². The molecule has 104 valence electrons. The Hall–Kier alpha value is -2.07. The lowest BCUT2D eigenvalue weighted by Crippen LogP contribution is -2.22. The summed E-state index contributed by atoms with van der Waals surface area (Å²) in [5.41, 5.74) is 1.07. The Bertz CT molecular complexity index is 639. The molecule has 0 saturated carbocycles. The van der Waals surface area contributed by atoms with E-state index in [1.165, 1.54) is 5.39 Å². The molecule has 0 bridgehead atoms. The van der Waals surface area contributed by atoms with E-state index in [-0.39, 0.29) is 5.97 Å². The van der Waals surface area contributed by atoms with Gasteiger partial charge in [-0.15, -0.1) is 0 Å². The molecule has 2 aromatic carbocycles. The van der Waals surface area contributed by atoms with Crippen LogP contribution >= 0.6 is 0 Å². The number of hydrogen-bond acceptors (Lipinski definition) is 4. The number of ether oxygens (including phenoxy) is 2. The molecule has 1 atom stereocenters. The topological polar surface area (TPSA) is 47.6 Å². The highest BCUT2D eigenvalue weighted by atomic mass is 16.6. The van der Waals surface area contributed by atoms with Crippen LogP contribution in [0, 0.1) is 0 Å². The molecule has 4 heteroatoms. The van der Waals surface area contributed by atoms with Crippen molar-refractivity contribution in [2.45, 2.75) is 19.1 Å². The number of carbonyl (C=O) groups is 1. The highest BCUT2D eigenvalue weighted by Crippen LogP contribution is 2.29. The summed E-state index contributed by atoms with van der Waals surface area (Å²) in [5, 5.41) is 5.47. The van der Waals surface area contributed by atoms with Crippen LogP contribution in [0.4, 0.5) is 0 Å². The number of hydrogen-bond donors (Lipinski definition) is 1. The van der Waals surface area contributed by atoms with Gasteiger partial charge in [0, 0.05) is 18.5 Å². The maximum Gasteiger partial charge on any atom is 0.347 e. The zero-order valence-electron chi connectivity index (χ0n) is 11.4. The molecule has 1 unspecified atom stereocenters. The van der Waals surface area contributed by atoms with Gasteiger partial charge in [-0.3, -0.25) is 0 Å². The van der Waals surface area contributed by atoms with Gasteiger partial charge in [0.15, 0.2) is 6.10 Å². The maximum atomic E-state index is 11.5. The van der Waals surface area contributed by atoms with Crippen LogP contribution in [0.25, 0.3) is 10.8 Å². The molecule has 20 heavy (non-hydrogen) atoms. The summed E-state index contributed by atoms with van der Waals surface area (Å²) >= 11 is 0. The molecule has 3 rings (SSSR count). The number of rotatable bonds is 4. The standard InChI is InChI=1S/C16H17NO3/c1-17-10-13-12-5-3-2-4-11(12)6-7-14(13)20-15-8-9-19-16(15)18/h2-7,15,17H,8-10H2,1H3. The molecule has 0 aliphatic carbocycles. The molecule has 0 spiro atoms. The zero-order chi connectivity index (χ0) is 13.9. The molecular formula is C16H17NO3. The Labute approximate surface area is 117 Å². The molecule has 2 aromatic rings. The van der Waals surface area contributed by atoms with Crippen LogP contribution in [0.5, 0.6) is 5.75 Å². The molecule has 1 heterocycles. The molecule has 4 nitrogen and oxygen atoms in total. The summed E-state index contributed by atoms with van der Waals surface area (Å²) in [5.74, 6) is 0.482. The molecule has 1 fully saturated rings. The van der Waals surface area contributed by atoms with Gasteiger partial charge in [-0.2, -0.15) is 0 Å². The smallest absolute Gasteiger partial charge is 0.347 e. The minimum Gasteiger partial charge on any atom is -0.478 e. The average Bonchev–Trinajstić information content (AvgIpc) is 2.87. The van der Waals surface area contributed by atoms with Crippen molar-refractivity contribution in [1.82, 2.24) is 5.32 Å². The van der Waals surface area contributed by atoms with Gasteiger partial charge in [0.2, 0.25) is 0 Å². The number of nitrogens with one attached hydrogen (secondary N) is 1. The molecule has 0 radical (unpaired) electrons. The van der Waals surface area contributed by atoms with Crippen molar-refractivity contribution in [2.24, 2.45) is 0 Å². The van der Waals surface area contributed by atoms with E-state index >= 15 is 0 Å². The third kappa shape index (κ3) is 2.34. The molecule has 1 aliphatic heterocycles. The van der Waals surface area contributed by atoms with E-state index in [1.807, 2.05) is 31.3 Å². The summed E-state index contributed by atoms with van der Waals surface area (Å²) in [7, 11) is 1.90. The molecule has 1 saturated heterocycles. The van der Waals surface area contributed by atoms with E-state index in [2.05, 4.69) is 17.4 Å². The normalized spacial score (nSPS) is 18.2. The second-order valence-corrected chi connectivity index (χ2v) is 4.86. The quantitative estimate of drug-likeness (QED) is 0.866. The van der Waals surface area contributed by atoms with Gasteiger partial charge in [0.25, 0.3) is 0 Å². The van der Waals surface area contributed by atoms with Gasteiger partial charge in [0.05, 0.1) is 6.61 Å². The second kappa shape index (κ2) is 5.51. The lowest BCUT2D eigenvalue weighted by molar-refractivity contribution is -0.143. The van der Waals surface area contributed by atoms with Crippen LogP contribution < -0.4 is 10.1 Å². The third-order valence-corrected chi connectivity index (χ3v) is 3.51. The number of cyclic esters (lactones) is 1. The summed E-state index contributed by atoms with van der Waals surface area (Å²) in [6.07, 6.45) is 0.136. The van der Waals surface area contributed by atoms with Gasteiger partial charge in [0.1, 0.15) is 5.75 Å². The zero-order valence-corrected chi connectivity index (χ0v) is 11.4. The van der Waals surface area contributed by atoms with Gasteiger partial charge in [-0.05, 0) is 23.9 Å². The van der Waals surface area contributed by atoms with Crippen LogP contribution in [0.3, 0.4) is 0 Å². The average molecular weight is 271 g/mol. The maximum absolute atomic E-state index is 11.5. The second-order valence-electron chi connectivity index (χ2n) is 4.86. The Kier molecular flexibility index (Phi) is 3.56. The predicted octanol–water partition coefficient (Wildman–Crippen LogP) is 2.25. The van der Waals surface area contributed by atoms with Crippen molar-refractivity contribution in [2.75, 3.05) is 13.7 Å². The van der Waals surface area contributed by atoms with Crippen molar-refractivity contribution in [1.29, 1.82) is 0 Å². The van der Waals surface area contributed by atoms with Crippen LogP contribution in [0.15, 0.2) is 36.4 Å². The van der Waals surface area contributed by atoms with E-state index in [9.17, 15) is 4.79 Å². The summed E-state index contributed by atoms with van der Waals surface area (Å²) < 4.78 is 10.8. The number of carbonyl (C=O) groups excluding carboxylic acids is 1. The Morgan fingerprint density at radius 2 is 2.15 bits per heavy atom. The fraction of sp³-hybridized carbons (Fsp3) is 0.312. The minimum atomic E-state index is -0.480. The SMILES string of the molecule is CNCc1c(OC2CCOC2=O)ccc2ccccc12. The minimum absolute atomic E-state index is 0.270. The van der Waals surface area contributed by atoms with Crippen molar-refractivity contribution in [3.63, 3.8) is 0 Å². The molecule has 0 aromatic heterocycles. The van der Waals surface area contributed by atoms with Gasteiger partial charge >= 0.3 is 5.97 Å². The predicted molar refractivity (Wildman–Crippen MR) is 76.7 cm³/mol. The Morgan fingerprint density at radius 3 is 2.90 bits per heavy atom. The number of esters is 1. The third-order valence-electron chi connectivity index (χ3n) is 3.51. The molecule has 0 amide bonds. The van der Waals surface area contributed by atoms with E-state index in [4.69, 9.17) is 9.47 Å². The first kappa shape index (κ1) is 12.9. The first-order valence-electron chi connectivity index (χ1n) is 6.78. The van der Waals surface area contributed by atoms with E-state index in [0.717, 1.165) is 16.7 Å². The Balaban J connectivity index is 2.00. The lowest BCUT2D eigenvalue weighted by atomic mass is 10.0. The highest BCUT2D eigenvalue weighted by molar-refractivity contribution is 5.88. The molecular weight excluding hydrogens is 254 g/mol. The number of fused-ring (bicyclic) bond motifs is 1. The summed E-state index contributed by atoms with van der Waals surface area (Å²) in [4.78, 5) is 11.5. The first-order chi connectivity index (χ1) is 9.79. The van der Waals surface area contributed by atoms with Crippen LogP contribution in [0.1, 0.15) is 12.0 Å². The molecule has 1 aliphatic rings. The van der Waals surface area contributed by atoms with Gasteiger partial charge in [-0.25, -0.2) is 4.79 Å². The monoisotopic (exact) mass is 271 g/mol. The lowest BCUT2D eigenvalue weighted by Gasteiger charge is -2.16.